The van der Waals surface area contributed by atoms with Crippen molar-refractivity contribution in [2.45, 2.75) is 25.3 Å². The SMILES string of the molecule is N[C@@H](CC1CCN(CCO)CC1)C(=O)O. The van der Waals surface area contributed by atoms with E-state index in [2.05, 4.69) is 4.90 Å². The van der Waals surface area contributed by atoms with Crippen molar-refractivity contribution < 1.29 is 15.0 Å². The van der Waals surface area contributed by atoms with Crippen molar-refractivity contribution in [1.82, 2.24) is 4.90 Å². The molecule has 1 atom stereocenters. The molecule has 5 heteroatoms. The number of aliphatic hydroxyl groups excluding tert-OH is 1. The Hall–Kier alpha value is -0.650. The van der Waals surface area contributed by atoms with Gasteiger partial charge in [-0.25, -0.2) is 0 Å². The third-order valence-electron chi connectivity index (χ3n) is 3.03. The summed E-state index contributed by atoms with van der Waals surface area (Å²) in [5.74, 6) is -0.487. The lowest BCUT2D eigenvalue weighted by Crippen LogP contribution is -2.39. The van der Waals surface area contributed by atoms with Gasteiger partial charge in [0.05, 0.1) is 6.61 Å². The Labute approximate surface area is 89.9 Å². The number of carboxylic acids is 1. The molecule has 0 aromatic heterocycles. The number of hydrogen-bond acceptors (Lipinski definition) is 4. The van der Waals surface area contributed by atoms with Crippen LogP contribution in [0.15, 0.2) is 0 Å². The highest BCUT2D eigenvalue weighted by molar-refractivity contribution is 5.73. The number of likely N-dealkylation sites (tertiary alicyclic amines) is 1. The van der Waals surface area contributed by atoms with Gasteiger partial charge in [-0.15, -0.1) is 0 Å². The van der Waals surface area contributed by atoms with Gasteiger partial charge in [0, 0.05) is 6.54 Å². The summed E-state index contributed by atoms with van der Waals surface area (Å²) in [7, 11) is 0. The molecule has 1 fully saturated rings. The molecule has 88 valence electrons. The standard InChI is InChI=1S/C10H20N2O3/c11-9(10(14)15)7-8-1-3-12(4-2-8)5-6-13/h8-9,13H,1-7,11H2,(H,14,15)/t9-/m0/s1. The molecule has 0 spiro atoms. The second kappa shape index (κ2) is 6.05. The zero-order chi connectivity index (χ0) is 11.3. The van der Waals surface area contributed by atoms with Crippen molar-refractivity contribution in [3.8, 4) is 0 Å². The quantitative estimate of drug-likeness (QED) is 0.576. The van der Waals surface area contributed by atoms with Crippen LogP contribution in [0.5, 0.6) is 0 Å². The molecular weight excluding hydrogens is 196 g/mol. The molecule has 0 saturated carbocycles. The fourth-order valence-electron chi connectivity index (χ4n) is 2.05. The predicted molar refractivity (Wildman–Crippen MR) is 56.5 cm³/mol. The Morgan fingerprint density at radius 2 is 2.07 bits per heavy atom. The molecule has 1 heterocycles. The molecule has 1 aliphatic heterocycles. The number of hydrogen-bond donors (Lipinski definition) is 3. The van der Waals surface area contributed by atoms with Crippen LogP contribution in [0.4, 0.5) is 0 Å². The molecule has 0 aromatic carbocycles. The molecule has 1 rings (SSSR count). The molecule has 4 N–H and O–H groups in total. The molecule has 0 amide bonds. The Balaban J connectivity index is 2.22. The largest absolute Gasteiger partial charge is 0.480 e. The van der Waals surface area contributed by atoms with Gasteiger partial charge < -0.3 is 20.8 Å². The number of carboxylic acid groups (broad SMARTS) is 1. The molecule has 1 aliphatic rings. The third kappa shape index (κ3) is 4.15. The second-order valence-electron chi connectivity index (χ2n) is 4.19. The van der Waals surface area contributed by atoms with Gasteiger partial charge in [0.25, 0.3) is 0 Å². The first-order valence-corrected chi connectivity index (χ1v) is 5.45. The minimum absolute atomic E-state index is 0.194. The maximum Gasteiger partial charge on any atom is 0.320 e. The minimum Gasteiger partial charge on any atom is -0.480 e. The molecule has 15 heavy (non-hydrogen) atoms. The molecule has 0 aromatic rings. The van der Waals surface area contributed by atoms with Crippen LogP contribution in [0.1, 0.15) is 19.3 Å². The summed E-state index contributed by atoms with van der Waals surface area (Å²) >= 11 is 0. The topological polar surface area (TPSA) is 86.8 Å². The van der Waals surface area contributed by atoms with Crippen molar-refractivity contribution in [2.24, 2.45) is 11.7 Å². The lowest BCUT2D eigenvalue weighted by atomic mass is 9.90. The molecule has 0 unspecified atom stereocenters. The zero-order valence-electron chi connectivity index (χ0n) is 8.93. The number of aliphatic hydroxyl groups is 1. The lowest BCUT2D eigenvalue weighted by Gasteiger charge is -2.31. The summed E-state index contributed by atoms with van der Waals surface area (Å²) in [6.07, 6.45) is 2.55. The number of carbonyl (C=O) groups is 1. The van der Waals surface area contributed by atoms with Crippen LogP contribution in [0.25, 0.3) is 0 Å². The van der Waals surface area contributed by atoms with E-state index < -0.39 is 12.0 Å². The van der Waals surface area contributed by atoms with Gasteiger partial charge in [0.2, 0.25) is 0 Å². The highest BCUT2D eigenvalue weighted by Gasteiger charge is 2.23. The monoisotopic (exact) mass is 216 g/mol. The van der Waals surface area contributed by atoms with E-state index in [9.17, 15) is 4.79 Å². The van der Waals surface area contributed by atoms with Gasteiger partial charge in [0.1, 0.15) is 6.04 Å². The highest BCUT2D eigenvalue weighted by atomic mass is 16.4. The molecule has 0 aliphatic carbocycles. The number of nitrogens with zero attached hydrogens (tertiary/aromatic N) is 1. The summed E-state index contributed by atoms with van der Waals surface area (Å²) in [5.41, 5.74) is 5.49. The molecule has 1 saturated heterocycles. The van der Waals surface area contributed by atoms with Crippen molar-refractivity contribution in [3.05, 3.63) is 0 Å². The van der Waals surface area contributed by atoms with E-state index in [-0.39, 0.29) is 6.61 Å². The number of aliphatic carboxylic acids is 1. The first-order valence-electron chi connectivity index (χ1n) is 5.45. The predicted octanol–water partition coefficient (Wildman–Crippen LogP) is -0.507. The van der Waals surface area contributed by atoms with Crippen molar-refractivity contribution in [3.63, 3.8) is 0 Å². The molecule has 0 radical (unpaired) electrons. The number of nitrogens with two attached hydrogens (primary N) is 1. The van der Waals surface area contributed by atoms with Gasteiger partial charge in [-0.05, 0) is 38.3 Å². The van der Waals surface area contributed by atoms with E-state index in [0.29, 0.717) is 12.3 Å². The average Bonchev–Trinajstić information content (AvgIpc) is 2.21. The average molecular weight is 216 g/mol. The molecule has 5 nitrogen and oxygen atoms in total. The summed E-state index contributed by atoms with van der Waals surface area (Å²) in [4.78, 5) is 12.8. The Morgan fingerprint density at radius 1 is 1.47 bits per heavy atom. The smallest absolute Gasteiger partial charge is 0.320 e. The Morgan fingerprint density at radius 3 is 2.53 bits per heavy atom. The van der Waals surface area contributed by atoms with E-state index in [1.807, 2.05) is 0 Å². The van der Waals surface area contributed by atoms with Crippen molar-refractivity contribution >= 4 is 5.97 Å². The van der Waals surface area contributed by atoms with E-state index in [0.717, 1.165) is 32.5 Å². The van der Waals surface area contributed by atoms with Gasteiger partial charge in [0.15, 0.2) is 0 Å². The fourth-order valence-corrected chi connectivity index (χ4v) is 2.05. The fraction of sp³-hybridized carbons (Fsp3) is 0.900. The van der Waals surface area contributed by atoms with Gasteiger partial charge >= 0.3 is 5.97 Å². The normalized spacial score (nSPS) is 21.5. The van der Waals surface area contributed by atoms with E-state index >= 15 is 0 Å². The summed E-state index contributed by atoms with van der Waals surface area (Å²) in [6, 6.07) is -0.723. The summed E-state index contributed by atoms with van der Waals surface area (Å²) in [6.45, 7) is 2.80. The van der Waals surface area contributed by atoms with Gasteiger partial charge in [-0.1, -0.05) is 0 Å². The number of β-amino-alcohol motifs (C(OH)–C–C–N with tert-alkyl or cyclic N) is 1. The van der Waals surface area contributed by atoms with E-state index in [1.165, 1.54) is 0 Å². The second-order valence-corrected chi connectivity index (χ2v) is 4.19. The van der Waals surface area contributed by atoms with Gasteiger partial charge in [-0.3, -0.25) is 4.79 Å². The summed E-state index contributed by atoms with van der Waals surface area (Å²) in [5, 5.41) is 17.4. The Kier molecular flexibility index (Phi) is 5.01. The highest BCUT2D eigenvalue weighted by Crippen LogP contribution is 2.21. The molecule has 0 bridgehead atoms. The zero-order valence-corrected chi connectivity index (χ0v) is 8.93. The van der Waals surface area contributed by atoms with Crippen LogP contribution < -0.4 is 5.73 Å². The first kappa shape index (κ1) is 12.4. The third-order valence-corrected chi connectivity index (χ3v) is 3.03. The van der Waals surface area contributed by atoms with Crippen molar-refractivity contribution in [1.29, 1.82) is 0 Å². The number of piperidine rings is 1. The molecular formula is C10H20N2O3. The van der Waals surface area contributed by atoms with Crippen LogP contribution in [-0.2, 0) is 4.79 Å². The maximum atomic E-state index is 10.6. The van der Waals surface area contributed by atoms with Crippen molar-refractivity contribution in [2.75, 3.05) is 26.2 Å². The minimum atomic E-state index is -0.909. The lowest BCUT2D eigenvalue weighted by molar-refractivity contribution is -0.139. The van der Waals surface area contributed by atoms with Crippen LogP contribution in [0.2, 0.25) is 0 Å². The van der Waals surface area contributed by atoms with E-state index in [4.69, 9.17) is 15.9 Å². The van der Waals surface area contributed by atoms with Crippen LogP contribution in [0, 0.1) is 5.92 Å². The van der Waals surface area contributed by atoms with Crippen LogP contribution in [0.3, 0.4) is 0 Å². The maximum absolute atomic E-state index is 10.6. The van der Waals surface area contributed by atoms with Gasteiger partial charge in [-0.2, -0.15) is 0 Å². The first-order chi connectivity index (χ1) is 7.13. The van der Waals surface area contributed by atoms with E-state index in [1.54, 1.807) is 0 Å². The summed E-state index contributed by atoms with van der Waals surface area (Å²) < 4.78 is 0. The van der Waals surface area contributed by atoms with Crippen LogP contribution in [-0.4, -0.2) is 53.4 Å². The Bertz CT molecular complexity index is 203. The number of rotatable bonds is 5. The van der Waals surface area contributed by atoms with Crippen LogP contribution >= 0.6 is 0 Å².